The molecule has 0 aliphatic heterocycles. The van der Waals surface area contributed by atoms with Gasteiger partial charge in [0.25, 0.3) is 0 Å². The van der Waals surface area contributed by atoms with Crippen molar-refractivity contribution in [1.82, 2.24) is 20.5 Å². The molecule has 0 bridgehead atoms. The van der Waals surface area contributed by atoms with E-state index in [1.807, 2.05) is 6.92 Å². The molecule has 1 aromatic heterocycles. The van der Waals surface area contributed by atoms with E-state index in [1.54, 1.807) is 11.3 Å². The second-order valence-corrected chi connectivity index (χ2v) is 6.29. The Morgan fingerprint density at radius 3 is 2.68 bits per heavy atom. The van der Waals surface area contributed by atoms with Crippen LogP contribution < -0.4 is 10.6 Å². The molecular formula is C16H31N5S. The molecule has 1 rings (SSSR count). The Balaban J connectivity index is 2.34. The van der Waals surface area contributed by atoms with E-state index in [-0.39, 0.29) is 0 Å². The average Bonchev–Trinajstić information content (AvgIpc) is 2.91. The van der Waals surface area contributed by atoms with Gasteiger partial charge >= 0.3 is 0 Å². The van der Waals surface area contributed by atoms with Gasteiger partial charge in [0.1, 0.15) is 0 Å². The minimum atomic E-state index is 0.832. The van der Waals surface area contributed by atoms with Gasteiger partial charge in [0.2, 0.25) is 0 Å². The maximum absolute atomic E-state index is 4.65. The van der Waals surface area contributed by atoms with Gasteiger partial charge in [-0.15, -0.1) is 11.3 Å². The van der Waals surface area contributed by atoms with Crippen molar-refractivity contribution in [2.75, 3.05) is 39.3 Å². The first-order valence-corrected chi connectivity index (χ1v) is 9.23. The monoisotopic (exact) mass is 325 g/mol. The zero-order valence-corrected chi connectivity index (χ0v) is 15.3. The van der Waals surface area contributed by atoms with Gasteiger partial charge in [-0.1, -0.05) is 13.8 Å². The molecule has 0 atom stereocenters. The predicted octanol–water partition coefficient (Wildman–Crippen LogP) is 2.28. The van der Waals surface area contributed by atoms with Crippen molar-refractivity contribution in [2.24, 2.45) is 4.99 Å². The minimum absolute atomic E-state index is 0.832. The van der Waals surface area contributed by atoms with Gasteiger partial charge in [0.05, 0.1) is 17.2 Å². The highest BCUT2D eigenvalue weighted by molar-refractivity contribution is 7.09. The lowest BCUT2D eigenvalue weighted by atomic mass is 10.3. The average molecular weight is 326 g/mol. The van der Waals surface area contributed by atoms with Crippen LogP contribution in [0.4, 0.5) is 0 Å². The van der Waals surface area contributed by atoms with Crippen LogP contribution in [0.3, 0.4) is 0 Å². The summed E-state index contributed by atoms with van der Waals surface area (Å²) in [4.78, 5) is 11.6. The predicted molar refractivity (Wildman–Crippen MR) is 96.9 cm³/mol. The summed E-state index contributed by atoms with van der Waals surface area (Å²) in [6.45, 7) is 14.4. The lowest BCUT2D eigenvalue weighted by Gasteiger charge is -2.18. The van der Waals surface area contributed by atoms with Crippen LogP contribution in [0.15, 0.2) is 10.4 Å². The number of likely N-dealkylation sites (N-methyl/N-ethyl adjacent to an activating group) is 1. The summed E-state index contributed by atoms with van der Waals surface area (Å²) in [6.07, 6.45) is 2.13. The van der Waals surface area contributed by atoms with Crippen molar-refractivity contribution < 1.29 is 0 Å². The molecule has 0 aliphatic carbocycles. The van der Waals surface area contributed by atoms with Gasteiger partial charge in [-0.2, -0.15) is 0 Å². The number of nitrogens with zero attached hydrogens (tertiary/aromatic N) is 3. The molecule has 6 heteroatoms. The second-order valence-electron chi connectivity index (χ2n) is 5.23. The highest BCUT2D eigenvalue weighted by atomic mass is 32.1. The van der Waals surface area contributed by atoms with Crippen LogP contribution in [0.25, 0.3) is 0 Å². The van der Waals surface area contributed by atoms with Crippen molar-refractivity contribution in [1.29, 1.82) is 0 Å². The van der Waals surface area contributed by atoms with Crippen LogP contribution in [-0.2, 0) is 6.42 Å². The number of aryl methyl sites for hydroxylation is 1. The van der Waals surface area contributed by atoms with Crippen LogP contribution in [0.1, 0.15) is 37.9 Å². The fourth-order valence-electron chi connectivity index (χ4n) is 2.22. The Bertz CT molecular complexity index is 430. The molecule has 0 spiro atoms. The molecule has 2 N–H and O–H groups in total. The quantitative estimate of drug-likeness (QED) is 0.512. The van der Waals surface area contributed by atoms with Crippen molar-refractivity contribution in [2.45, 2.75) is 40.5 Å². The van der Waals surface area contributed by atoms with Crippen LogP contribution >= 0.6 is 11.3 Å². The molecule has 1 heterocycles. The Labute approximate surface area is 139 Å². The van der Waals surface area contributed by atoms with E-state index in [1.165, 1.54) is 6.42 Å². The highest BCUT2D eigenvalue weighted by Crippen LogP contribution is 2.07. The number of rotatable bonds is 10. The first-order chi connectivity index (χ1) is 10.7. The van der Waals surface area contributed by atoms with E-state index in [2.05, 4.69) is 51.7 Å². The summed E-state index contributed by atoms with van der Waals surface area (Å²) in [5, 5.41) is 9.95. The molecule has 0 saturated carbocycles. The smallest absolute Gasteiger partial charge is 0.191 e. The second kappa shape index (κ2) is 11.4. The number of nitrogens with one attached hydrogen (secondary N) is 2. The molecule has 0 unspecified atom stereocenters. The molecule has 0 saturated heterocycles. The van der Waals surface area contributed by atoms with Crippen molar-refractivity contribution in [3.05, 3.63) is 16.1 Å². The van der Waals surface area contributed by atoms with Gasteiger partial charge in [-0.25, -0.2) is 4.98 Å². The third kappa shape index (κ3) is 7.75. The molecule has 0 radical (unpaired) electrons. The third-order valence-electron chi connectivity index (χ3n) is 3.36. The Hall–Kier alpha value is -1.14. The molecule has 0 amide bonds. The standard InChI is InChI=1S/C16H31N5S/c1-5-11-21(7-3)12-10-19-16(17-6-2)18-9-8-15-13-22-14(4)20-15/h13H,5-12H2,1-4H3,(H2,17,18,19). The first-order valence-electron chi connectivity index (χ1n) is 8.35. The van der Waals surface area contributed by atoms with Crippen molar-refractivity contribution in [3.63, 3.8) is 0 Å². The maximum atomic E-state index is 4.65. The van der Waals surface area contributed by atoms with Crippen molar-refractivity contribution >= 4 is 17.3 Å². The number of hydrogen-bond acceptors (Lipinski definition) is 4. The minimum Gasteiger partial charge on any atom is -0.357 e. The molecule has 22 heavy (non-hydrogen) atoms. The van der Waals surface area contributed by atoms with Crippen molar-refractivity contribution in [3.8, 4) is 0 Å². The number of aliphatic imine (C=N–C) groups is 1. The van der Waals surface area contributed by atoms with Gasteiger partial charge in [-0.05, 0) is 33.4 Å². The Kier molecular flexibility index (Phi) is 9.82. The SMILES string of the molecule is CCCN(CC)CCN=C(NCC)NCCc1csc(C)n1. The largest absolute Gasteiger partial charge is 0.357 e. The first kappa shape index (κ1) is 18.9. The van der Waals surface area contributed by atoms with Gasteiger partial charge in [-0.3, -0.25) is 4.99 Å². The maximum Gasteiger partial charge on any atom is 0.191 e. The van der Waals surface area contributed by atoms with E-state index >= 15 is 0 Å². The van der Waals surface area contributed by atoms with Crippen LogP contribution in [0.5, 0.6) is 0 Å². The van der Waals surface area contributed by atoms with Gasteiger partial charge in [0, 0.05) is 31.4 Å². The third-order valence-corrected chi connectivity index (χ3v) is 4.18. The molecule has 0 aromatic carbocycles. The molecular weight excluding hydrogens is 294 g/mol. The van der Waals surface area contributed by atoms with Gasteiger partial charge < -0.3 is 15.5 Å². The molecule has 0 fully saturated rings. The van der Waals surface area contributed by atoms with E-state index in [4.69, 9.17) is 0 Å². The lowest BCUT2D eigenvalue weighted by molar-refractivity contribution is 0.297. The normalized spacial score (nSPS) is 12.0. The summed E-state index contributed by atoms with van der Waals surface area (Å²) in [5.74, 6) is 0.905. The number of aromatic nitrogens is 1. The molecule has 5 nitrogen and oxygen atoms in total. The Morgan fingerprint density at radius 2 is 2.09 bits per heavy atom. The van der Waals surface area contributed by atoms with E-state index in [0.717, 1.165) is 62.4 Å². The van der Waals surface area contributed by atoms with Crippen LogP contribution in [0.2, 0.25) is 0 Å². The lowest BCUT2D eigenvalue weighted by Crippen LogP contribution is -2.39. The molecule has 1 aromatic rings. The van der Waals surface area contributed by atoms with Crippen LogP contribution in [-0.4, -0.2) is 55.1 Å². The van der Waals surface area contributed by atoms with E-state index < -0.39 is 0 Å². The fraction of sp³-hybridized carbons (Fsp3) is 0.750. The summed E-state index contributed by atoms with van der Waals surface area (Å²) >= 11 is 1.71. The van der Waals surface area contributed by atoms with Crippen LogP contribution in [0, 0.1) is 6.92 Å². The zero-order valence-electron chi connectivity index (χ0n) is 14.5. The Morgan fingerprint density at radius 1 is 1.27 bits per heavy atom. The number of guanidine groups is 1. The number of thiazole rings is 1. The topological polar surface area (TPSA) is 52.5 Å². The summed E-state index contributed by atoms with van der Waals surface area (Å²) in [6, 6.07) is 0. The highest BCUT2D eigenvalue weighted by Gasteiger charge is 2.02. The summed E-state index contributed by atoms with van der Waals surface area (Å²) < 4.78 is 0. The summed E-state index contributed by atoms with van der Waals surface area (Å²) in [5.41, 5.74) is 1.16. The van der Waals surface area contributed by atoms with Gasteiger partial charge in [0.15, 0.2) is 5.96 Å². The summed E-state index contributed by atoms with van der Waals surface area (Å²) in [7, 11) is 0. The number of hydrogen-bond donors (Lipinski definition) is 2. The molecule has 0 aliphatic rings. The van der Waals surface area contributed by atoms with E-state index in [0.29, 0.717) is 0 Å². The fourth-order valence-corrected chi connectivity index (χ4v) is 2.87. The van der Waals surface area contributed by atoms with E-state index in [9.17, 15) is 0 Å². The zero-order chi connectivity index (χ0) is 16.2. The molecule has 126 valence electrons.